The van der Waals surface area contributed by atoms with Gasteiger partial charge in [0.1, 0.15) is 6.10 Å². The number of aromatic nitrogens is 2. The average Bonchev–Trinajstić information content (AvgIpc) is 3.64. The number of hydrogen-bond donors (Lipinski definition) is 1. The molecule has 0 bridgehead atoms. The van der Waals surface area contributed by atoms with Gasteiger partial charge >= 0.3 is 6.18 Å². The first-order valence-corrected chi connectivity index (χ1v) is 10.7. The van der Waals surface area contributed by atoms with Crippen molar-refractivity contribution in [2.45, 2.75) is 25.1 Å². The molecular formula is C22H24F3N5O3. The van der Waals surface area contributed by atoms with Crippen molar-refractivity contribution in [2.75, 3.05) is 43.5 Å². The first-order chi connectivity index (χ1) is 15.8. The molecule has 1 aliphatic carbocycles. The van der Waals surface area contributed by atoms with Crippen molar-refractivity contribution < 1.29 is 27.5 Å². The van der Waals surface area contributed by atoms with E-state index < -0.39 is 23.8 Å². The molecule has 1 saturated heterocycles. The van der Waals surface area contributed by atoms with Crippen molar-refractivity contribution in [1.82, 2.24) is 15.1 Å². The van der Waals surface area contributed by atoms with Crippen molar-refractivity contribution in [3.8, 4) is 0 Å². The van der Waals surface area contributed by atoms with Crippen LogP contribution in [0.3, 0.4) is 0 Å². The Balaban J connectivity index is 1.35. The smallest absolute Gasteiger partial charge is 0.371 e. The summed E-state index contributed by atoms with van der Waals surface area (Å²) in [5, 5.41) is 10.9. The second kappa shape index (κ2) is 9.34. The fourth-order valence-corrected chi connectivity index (χ4v) is 3.90. The minimum absolute atomic E-state index is 0.240. The molecule has 4 rings (SSSR count). The predicted octanol–water partition coefficient (Wildman–Crippen LogP) is 2.82. The Morgan fingerprint density at radius 1 is 1.06 bits per heavy atom. The SMILES string of the molecule is COC(C(=O)Nc1ccc(N2CCN(C(=O)c3ccccc3C(F)(F)F)CC2)nn1)C1CC1. The van der Waals surface area contributed by atoms with Crippen LogP contribution in [0.4, 0.5) is 24.8 Å². The van der Waals surface area contributed by atoms with E-state index in [-0.39, 0.29) is 30.5 Å². The Kier molecular flexibility index (Phi) is 6.50. The number of methoxy groups -OCH3 is 1. The number of amides is 2. The molecule has 8 nitrogen and oxygen atoms in total. The summed E-state index contributed by atoms with van der Waals surface area (Å²) in [6, 6.07) is 8.15. The van der Waals surface area contributed by atoms with E-state index in [0.717, 1.165) is 18.9 Å². The van der Waals surface area contributed by atoms with Gasteiger partial charge in [0, 0.05) is 33.3 Å². The average molecular weight is 463 g/mol. The topological polar surface area (TPSA) is 87.7 Å². The van der Waals surface area contributed by atoms with Crippen LogP contribution in [0, 0.1) is 5.92 Å². The Labute approximate surface area is 188 Å². The van der Waals surface area contributed by atoms with Crippen LogP contribution in [-0.4, -0.2) is 66.3 Å². The molecule has 2 fully saturated rings. The van der Waals surface area contributed by atoms with Crippen LogP contribution in [-0.2, 0) is 15.7 Å². The van der Waals surface area contributed by atoms with Gasteiger partial charge in [-0.3, -0.25) is 9.59 Å². The summed E-state index contributed by atoms with van der Waals surface area (Å²) in [5.74, 6) is 0.207. The molecule has 1 unspecified atom stereocenters. The molecule has 1 aromatic carbocycles. The minimum Gasteiger partial charge on any atom is -0.371 e. The molecule has 2 amide bonds. The molecule has 1 aliphatic heterocycles. The Bertz CT molecular complexity index is 1000. The number of carbonyl (C=O) groups excluding carboxylic acids is 2. The maximum Gasteiger partial charge on any atom is 0.417 e. The zero-order valence-electron chi connectivity index (χ0n) is 18.0. The predicted molar refractivity (Wildman–Crippen MR) is 114 cm³/mol. The van der Waals surface area contributed by atoms with Crippen LogP contribution >= 0.6 is 0 Å². The van der Waals surface area contributed by atoms with Crippen LogP contribution in [0.2, 0.25) is 0 Å². The highest BCUT2D eigenvalue weighted by molar-refractivity contribution is 5.96. The van der Waals surface area contributed by atoms with E-state index in [1.165, 1.54) is 30.2 Å². The van der Waals surface area contributed by atoms with E-state index in [1.54, 1.807) is 12.1 Å². The Morgan fingerprint density at radius 3 is 2.33 bits per heavy atom. The van der Waals surface area contributed by atoms with Gasteiger partial charge in [-0.05, 0) is 43.0 Å². The first kappa shape index (κ1) is 23.0. The second-order valence-corrected chi connectivity index (χ2v) is 8.08. The van der Waals surface area contributed by atoms with E-state index >= 15 is 0 Å². The minimum atomic E-state index is -4.59. The number of ether oxygens (including phenoxy) is 1. The summed E-state index contributed by atoms with van der Waals surface area (Å²) in [6.07, 6.45) is -3.16. The monoisotopic (exact) mass is 463 g/mol. The largest absolute Gasteiger partial charge is 0.417 e. The number of nitrogens with zero attached hydrogens (tertiary/aromatic N) is 4. The molecule has 2 aromatic rings. The van der Waals surface area contributed by atoms with Crippen molar-refractivity contribution in [3.63, 3.8) is 0 Å². The fourth-order valence-electron chi connectivity index (χ4n) is 3.90. The van der Waals surface area contributed by atoms with Gasteiger partial charge in [0.25, 0.3) is 11.8 Å². The van der Waals surface area contributed by atoms with Crippen LogP contribution in [0.25, 0.3) is 0 Å². The highest BCUT2D eigenvalue weighted by Crippen LogP contribution is 2.35. The van der Waals surface area contributed by atoms with E-state index in [1.807, 2.05) is 4.90 Å². The summed E-state index contributed by atoms with van der Waals surface area (Å²) in [4.78, 5) is 28.3. The molecule has 1 saturated carbocycles. The normalized spacial score (nSPS) is 17.6. The first-order valence-electron chi connectivity index (χ1n) is 10.7. The third-order valence-corrected chi connectivity index (χ3v) is 5.82. The molecule has 1 N–H and O–H groups in total. The zero-order chi connectivity index (χ0) is 23.6. The van der Waals surface area contributed by atoms with E-state index in [0.29, 0.717) is 24.7 Å². The van der Waals surface area contributed by atoms with Gasteiger partial charge in [-0.2, -0.15) is 13.2 Å². The highest BCUT2D eigenvalue weighted by Gasteiger charge is 2.37. The summed E-state index contributed by atoms with van der Waals surface area (Å²) >= 11 is 0. The van der Waals surface area contributed by atoms with Gasteiger partial charge in [-0.15, -0.1) is 10.2 Å². The quantitative estimate of drug-likeness (QED) is 0.709. The van der Waals surface area contributed by atoms with Crippen molar-refractivity contribution in [3.05, 3.63) is 47.5 Å². The molecule has 0 radical (unpaired) electrons. The number of benzene rings is 1. The Morgan fingerprint density at radius 2 is 1.76 bits per heavy atom. The molecule has 1 atom stereocenters. The summed E-state index contributed by atoms with van der Waals surface area (Å²) in [7, 11) is 1.50. The maximum atomic E-state index is 13.3. The number of halogens is 3. The third-order valence-electron chi connectivity index (χ3n) is 5.82. The lowest BCUT2D eigenvalue weighted by atomic mass is 10.1. The number of rotatable bonds is 6. The molecule has 0 spiro atoms. The van der Waals surface area contributed by atoms with Crippen LogP contribution in [0.1, 0.15) is 28.8 Å². The van der Waals surface area contributed by atoms with Gasteiger partial charge in [0.05, 0.1) is 11.1 Å². The number of alkyl halides is 3. The second-order valence-electron chi connectivity index (χ2n) is 8.08. The standard InChI is InChI=1S/C22H24F3N5O3/c1-33-19(14-6-7-14)20(31)26-17-8-9-18(28-27-17)29-10-12-30(13-11-29)21(32)15-4-2-3-5-16(15)22(23,24)25/h2-5,8-9,14,19H,6-7,10-13H2,1H3,(H,26,27,31). The number of anilines is 2. The van der Waals surface area contributed by atoms with Gasteiger partial charge in [0.15, 0.2) is 11.6 Å². The lowest BCUT2D eigenvalue weighted by molar-refractivity contribution is -0.138. The van der Waals surface area contributed by atoms with Crippen molar-refractivity contribution in [2.24, 2.45) is 5.92 Å². The lowest BCUT2D eigenvalue weighted by Gasteiger charge is -2.35. The molecule has 11 heteroatoms. The number of carbonyl (C=O) groups is 2. The number of piperazine rings is 1. The van der Waals surface area contributed by atoms with Gasteiger partial charge in [-0.25, -0.2) is 0 Å². The molecule has 2 heterocycles. The highest BCUT2D eigenvalue weighted by atomic mass is 19.4. The summed E-state index contributed by atoms with van der Waals surface area (Å²) in [6.45, 7) is 1.30. The summed E-state index contributed by atoms with van der Waals surface area (Å²) < 4.78 is 45.0. The van der Waals surface area contributed by atoms with Crippen LogP contribution in [0.5, 0.6) is 0 Å². The fraction of sp³-hybridized carbons (Fsp3) is 0.455. The van der Waals surface area contributed by atoms with Crippen LogP contribution in [0.15, 0.2) is 36.4 Å². The van der Waals surface area contributed by atoms with E-state index in [2.05, 4.69) is 15.5 Å². The van der Waals surface area contributed by atoms with Crippen molar-refractivity contribution in [1.29, 1.82) is 0 Å². The van der Waals surface area contributed by atoms with E-state index in [9.17, 15) is 22.8 Å². The van der Waals surface area contributed by atoms with Gasteiger partial charge in [-0.1, -0.05) is 12.1 Å². The van der Waals surface area contributed by atoms with E-state index in [4.69, 9.17) is 4.74 Å². The molecule has 1 aromatic heterocycles. The lowest BCUT2D eigenvalue weighted by Crippen LogP contribution is -2.49. The molecule has 2 aliphatic rings. The summed E-state index contributed by atoms with van der Waals surface area (Å²) in [5.41, 5.74) is -1.28. The number of hydrogen-bond acceptors (Lipinski definition) is 6. The maximum absolute atomic E-state index is 13.3. The third kappa shape index (κ3) is 5.24. The molecule has 33 heavy (non-hydrogen) atoms. The molecule has 176 valence electrons. The Hall–Kier alpha value is -3.21. The number of nitrogens with one attached hydrogen (secondary N) is 1. The zero-order valence-corrected chi connectivity index (χ0v) is 18.0. The van der Waals surface area contributed by atoms with Crippen LogP contribution < -0.4 is 10.2 Å². The van der Waals surface area contributed by atoms with Crippen molar-refractivity contribution >= 4 is 23.5 Å². The molecular weight excluding hydrogens is 439 g/mol. The van der Waals surface area contributed by atoms with Gasteiger partial charge < -0.3 is 19.9 Å². The van der Waals surface area contributed by atoms with Gasteiger partial charge in [0.2, 0.25) is 0 Å².